The van der Waals surface area contributed by atoms with Crippen molar-refractivity contribution in [2.24, 2.45) is 11.8 Å². The van der Waals surface area contributed by atoms with Crippen LogP contribution in [-0.4, -0.2) is 42.0 Å². The molecule has 98 valence electrons. The summed E-state index contributed by atoms with van der Waals surface area (Å²) in [5, 5.41) is 9.11. The maximum Gasteiger partial charge on any atom is 0.137 e. The molecule has 0 bridgehead atoms. The van der Waals surface area contributed by atoms with Gasteiger partial charge in [0.25, 0.3) is 0 Å². The molecule has 1 saturated heterocycles. The van der Waals surface area contributed by atoms with E-state index in [4.69, 9.17) is 5.11 Å². The van der Waals surface area contributed by atoms with E-state index in [0.717, 1.165) is 51.7 Å². The van der Waals surface area contributed by atoms with Gasteiger partial charge in [-0.25, -0.2) is 0 Å². The number of likely N-dealkylation sites (tertiary alicyclic amines) is 1. The van der Waals surface area contributed by atoms with Gasteiger partial charge in [-0.2, -0.15) is 0 Å². The number of Topliss-reactive ketones (excluding diaryl/α,β-unsaturated/α-hetero) is 1. The van der Waals surface area contributed by atoms with Gasteiger partial charge in [-0.15, -0.1) is 0 Å². The van der Waals surface area contributed by atoms with Gasteiger partial charge in [0, 0.05) is 25.5 Å². The van der Waals surface area contributed by atoms with Crippen LogP contribution in [-0.2, 0) is 4.79 Å². The van der Waals surface area contributed by atoms with Crippen molar-refractivity contribution in [2.45, 2.75) is 44.9 Å². The largest absolute Gasteiger partial charge is 0.396 e. The summed E-state index contributed by atoms with van der Waals surface area (Å²) in [4.78, 5) is 14.4. The Hall–Kier alpha value is -0.410. The summed E-state index contributed by atoms with van der Waals surface area (Å²) in [5.74, 6) is 1.28. The fraction of sp³-hybridized carbons (Fsp3) is 0.929. The lowest BCUT2D eigenvalue weighted by atomic mass is 9.94. The monoisotopic (exact) mass is 239 g/mol. The molecule has 1 aliphatic carbocycles. The van der Waals surface area contributed by atoms with Crippen LogP contribution in [0.2, 0.25) is 0 Å². The van der Waals surface area contributed by atoms with Gasteiger partial charge in [-0.3, -0.25) is 4.79 Å². The molecule has 2 aliphatic rings. The predicted octanol–water partition coefficient (Wildman–Crippen LogP) is 1.84. The molecule has 17 heavy (non-hydrogen) atoms. The van der Waals surface area contributed by atoms with E-state index in [2.05, 4.69) is 4.90 Å². The molecule has 3 heteroatoms. The van der Waals surface area contributed by atoms with Crippen molar-refractivity contribution >= 4 is 5.78 Å². The van der Waals surface area contributed by atoms with E-state index in [9.17, 15) is 4.79 Å². The fourth-order valence-electron chi connectivity index (χ4n) is 3.09. The van der Waals surface area contributed by atoms with Crippen LogP contribution in [0.5, 0.6) is 0 Å². The van der Waals surface area contributed by atoms with Gasteiger partial charge in [0.1, 0.15) is 5.78 Å². The van der Waals surface area contributed by atoms with E-state index in [1.54, 1.807) is 0 Å². The molecular formula is C14H25NO2. The highest BCUT2D eigenvalue weighted by atomic mass is 16.3. The maximum atomic E-state index is 11.9. The Morgan fingerprint density at radius 1 is 1.12 bits per heavy atom. The molecule has 3 nitrogen and oxygen atoms in total. The zero-order valence-corrected chi connectivity index (χ0v) is 10.7. The first-order valence-corrected chi connectivity index (χ1v) is 7.15. The summed E-state index contributed by atoms with van der Waals surface area (Å²) in [7, 11) is 0. The lowest BCUT2D eigenvalue weighted by molar-refractivity contribution is -0.123. The van der Waals surface area contributed by atoms with Crippen molar-refractivity contribution in [3.63, 3.8) is 0 Å². The summed E-state index contributed by atoms with van der Waals surface area (Å²) >= 11 is 0. The molecule has 0 aromatic carbocycles. The Kier molecular flexibility index (Phi) is 4.99. The summed E-state index contributed by atoms with van der Waals surface area (Å²) in [6, 6.07) is 0. The van der Waals surface area contributed by atoms with Gasteiger partial charge in [0.15, 0.2) is 0 Å². The van der Waals surface area contributed by atoms with Gasteiger partial charge < -0.3 is 10.0 Å². The third kappa shape index (κ3) is 3.78. The molecule has 0 amide bonds. The number of hydrogen-bond donors (Lipinski definition) is 1. The molecule has 0 radical (unpaired) electrons. The molecule has 1 saturated carbocycles. The Morgan fingerprint density at radius 2 is 1.88 bits per heavy atom. The number of nitrogens with zero attached hydrogens (tertiary/aromatic N) is 1. The van der Waals surface area contributed by atoms with Gasteiger partial charge in [-0.05, 0) is 44.7 Å². The highest BCUT2D eigenvalue weighted by Gasteiger charge is 2.25. The second-order valence-electron chi connectivity index (χ2n) is 5.69. The number of piperidine rings is 1. The molecule has 1 N–H and O–H groups in total. The van der Waals surface area contributed by atoms with Crippen LogP contribution in [0.25, 0.3) is 0 Å². The van der Waals surface area contributed by atoms with Crippen molar-refractivity contribution in [3.8, 4) is 0 Å². The Morgan fingerprint density at radius 3 is 2.59 bits per heavy atom. The number of ketones is 1. The summed E-state index contributed by atoms with van der Waals surface area (Å²) in [6.45, 7) is 3.43. The van der Waals surface area contributed by atoms with Crippen LogP contribution in [0, 0.1) is 11.8 Å². The van der Waals surface area contributed by atoms with Crippen LogP contribution in [0.3, 0.4) is 0 Å². The minimum atomic E-state index is 0.295. The first-order chi connectivity index (χ1) is 8.29. The summed E-state index contributed by atoms with van der Waals surface area (Å²) in [5.41, 5.74) is 0. The van der Waals surface area contributed by atoms with Crippen molar-refractivity contribution in [2.75, 3.05) is 26.2 Å². The Balaban J connectivity index is 1.78. The number of rotatable bonds is 3. The minimum Gasteiger partial charge on any atom is -0.396 e. The minimum absolute atomic E-state index is 0.295. The lowest BCUT2D eigenvalue weighted by Gasteiger charge is -2.33. The van der Waals surface area contributed by atoms with E-state index in [0.29, 0.717) is 24.2 Å². The molecule has 1 aliphatic heterocycles. The van der Waals surface area contributed by atoms with E-state index in [-0.39, 0.29) is 0 Å². The van der Waals surface area contributed by atoms with E-state index in [1.807, 2.05) is 0 Å². The van der Waals surface area contributed by atoms with Gasteiger partial charge in [0.05, 0.1) is 0 Å². The summed E-state index contributed by atoms with van der Waals surface area (Å²) < 4.78 is 0. The standard InChI is InChI=1S/C14H25NO2/c16-11-12-6-8-15(9-7-12)10-13-4-2-1-3-5-14(13)17/h12-13,16H,1-11H2. The third-order valence-corrected chi connectivity index (χ3v) is 4.38. The maximum absolute atomic E-state index is 11.9. The molecule has 1 heterocycles. The average Bonchev–Trinajstić information content (AvgIpc) is 2.56. The van der Waals surface area contributed by atoms with Crippen LogP contribution in [0.4, 0.5) is 0 Å². The summed E-state index contributed by atoms with van der Waals surface area (Å²) in [6.07, 6.45) is 7.64. The Labute approximate surface area is 104 Å². The van der Waals surface area contributed by atoms with Gasteiger partial charge >= 0.3 is 0 Å². The van der Waals surface area contributed by atoms with E-state index >= 15 is 0 Å². The predicted molar refractivity (Wildman–Crippen MR) is 67.8 cm³/mol. The van der Waals surface area contributed by atoms with Crippen molar-refractivity contribution in [1.82, 2.24) is 4.90 Å². The molecule has 2 fully saturated rings. The molecule has 2 rings (SSSR count). The quantitative estimate of drug-likeness (QED) is 0.764. The van der Waals surface area contributed by atoms with Crippen LogP contribution in [0.15, 0.2) is 0 Å². The lowest BCUT2D eigenvalue weighted by Crippen LogP contribution is -2.39. The average molecular weight is 239 g/mol. The third-order valence-electron chi connectivity index (χ3n) is 4.38. The normalized spacial score (nSPS) is 29.2. The highest BCUT2D eigenvalue weighted by Crippen LogP contribution is 2.23. The SMILES string of the molecule is O=C1CCCCCC1CN1CCC(CO)CC1. The molecular weight excluding hydrogens is 214 g/mol. The van der Waals surface area contributed by atoms with Crippen molar-refractivity contribution in [1.29, 1.82) is 0 Å². The zero-order valence-electron chi connectivity index (χ0n) is 10.7. The fourth-order valence-corrected chi connectivity index (χ4v) is 3.09. The zero-order chi connectivity index (χ0) is 12.1. The van der Waals surface area contributed by atoms with Crippen molar-refractivity contribution in [3.05, 3.63) is 0 Å². The molecule has 0 spiro atoms. The molecule has 1 atom stereocenters. The number of carbonyl (C=O) groups is 1. The Bertz CT molecular complexity index is 247. The molecule has 1 unspecified atom stereocenters. The molecule has 0 aromatic rings. The number of aliphatic hydroxyl groups excluding tert-OH is 1. The van der Waals surface area contributed by atoms with Gasteiger partial charge in [-0.1, -0.05) is 12.8 Å². The second-order valence-corrected chi connectivity index (χ2v) is 5.69. The smallest absolute Gasteiger partial charge is 0.137 e. The molecule has 0 aromatic heterocycles. The van der Waals surface area contributed by atoms with Crippen LogP contribution < -0.4 is 0 Å². The first kappa shape index (κ1) is 13.0. The van der Waals surface area contributed by atoms with E-state index in [1.165, 1.54) is 12.8 Å². The second kappa shape index (κ2) is 6.50. The van der Waals surface area contributed by atoms with E-state index < -0.39 is 0 Å². The first-order valence-electron chi connectivity index (χ1n) is 7.15. The highest BCUT2D eigenvalue weighted by molar-refractivity contribution is 5.81. The van der Waals surface area contributed by atoms with Crippen LogP contribution in [0.1, 0.15) is 44.9 Å². The van der Waals surface area contributed by atoms with Crippen molar-refractivity contribution < 1.29 is 9.90 Å². The van der Waals surface area contributed by atoms with Gasteiger partial charge in [0.2, 0.25) is 0 Å². The topological polar surface area (TPSA) is 40.5 Å². The number of hydrogen-bond acceptors (Lipinski definition) is 3. The number of aliphatic hydroxyl groups is 1. The number of carbonyl (C=O) groups excluding carboxylic acids is 1. The van der Waals surface area contributed by atoms with Crippen LogP contribution >= 0.6 is 0 Å².